The molecular formula is C22H24N8O3S. The molecule has 0 saturated heterocycles. The van der Waals surface area contributed by atoms with Gasteiger partial charge in [0.25, 0.3) is 11.9 Å². The molecule has 0 unspecified atom stereocenters. The van der Waals surface area contributed by atoms with E-state index in [0.29, 0.717) is 28.1 Å². The molecule has 0 radical (unpaired) electrons. The molecule has 0 spiro atoms. The summed E-state index contributed by atoms with van der Waals surface area (Å²) in [6, 6.07) is 12.3. The van der Waals surface area contributed by atoms with Crippen LogP contribution in [0.1, 0.15) is 27.5 Å². The van der Waals surface area contributed by atoms with Crippen molar-refractivity contribution in [3.63, 3.8) is 0 Å². The van der Waals surface area contributed by atoms with Gasteiger partial charge in [-0.05, 0) is 44.2 Å². The van der Waals surface area contributed by atoms with E-state index < -0.39 is 0 Å². The van der Waals surface area contributed by atoms with Gasteiger partial charge in [0.2, 0.25) is 11.1 Å². The number of para-hydroxylation sites is 1. The van der Waals surface area contributed by atoms with E-state index in [4.69, 9.17) is 10.3 Å². The highest BCUT2D eigenvalue weighted by molar-refractivity contribution is 7.99. The minimum Gasteiger partial charge on any atom is -0.467 e. The van der Waals surface area contributed by atoms with Gasteiger partial charge in [0.15, 0.2) is 0 Å². The lowest BCUT2D eigenvalue weighted by molar-refractivity contribution is -0.115. The lowest BCUT2D eigenvalue weighted by Crippen LogP contribution is -2.31. The molecule has 0 atom stereocenters. The van der Waals surface area contributed by atoms with Crippen molar-refractivity contribution >= 4 is 29.3 Å². The first-order valence-corrected chi connectivity index (χ1v) is 11.4. The van der Waals surface area contributed by atoms with Gasteiger partial charge in [-0.3, -0.25) is 9.59 Å². The number of aromatic nitrogens is 5. The molecule has 3 N–H and O–H groups in total. The van der Waals surface area contributed by atoms with Gasteiger partial charge in [0.05, 0.1) is 35.5 Å². The number of hydrogen-bond acceptors (Lipinski definition) is 8. The van der Waals surface area contributed by atoms with Crippen molar-refractivity contribution in [3.8, 4) is 5.95 Å². The van der Waals surface area contributed by atoms with Crippen molar-refractivity contribution in [1.29, 1.82) is 0 Å². The lowest BCUT2D eigenvalue weighted by atomic mass is 10.1. The Kier molecular flexibility index (Phi) is 6.68. The number of rotatable bonds is 8. The van der Waals surface area contributed by atoms with Crippen LogP contribution < -0.4 is 16.1 Å². The van der Waals surface area contributed by atoms with Crippen LogP contribution in [0.4, 0.5) is 5.69 Å². The first-order chi connectivity index (χ1) is 16.3. The van der Waals surface area contributed by atoms with Crippen LogP contribution in [0.5, 0.6) is 0 Å². The van der Waals surface area contributed by atoms with Crippen LogP contribution in [0.2, 0.25) is 0 Å². The number of thioether (sulfide) groups is 1. The van der Waals surface area contributed by atoms with E-state index in [2.05, 4.69) is 20.6 Å². The number of carbonyl (C=O) groups excluding carboxylic acids is 2. The average molecular weight is 481 g/mol. The average Bonchev–Trinajstić information content (AvgIpc) is 3.56. The predicted molar refractivity (Wildman–Crippen MR) is 127 cm³/mol. The number of carbonyl (C=O) groups is 2. The largest absolute Gasteiger partial charge is 0.467 e. The summed E-state index contributed by atoms with van der Waals surface area (Å²) >= 11 is 1.15. The van der Waals surface area contributed by atoms with Crippen LogP contribution in [0, 0.1) is 13.8 Å². The van der Waals surface area contributed by atoms with E-state index in [9.17, 15) is 9.59 Å². The van der Waals surface area contributed by atoms with Crippen LogP contribution in [-0.2, 0) is 11.3 Å². The summed E-state index contributed by atoms with van der Waals surface area (Å²) in [5, 5.41) is 15.7. The Hall–Kier alpha value is -4.06. The molecule has 0 aliphatic carbocycles. The summed E-state index contributed by atoms with van der Waals surface area (Å²) in [5.41, 5.74) is 2.57. The van der Waals surface area contributed by atoms with Crippen molar-refractivity contribution in [2.75, 3.05) is 23.5 Å². The molecular weight excluding hydrogens is 456 g/mol. The molecule has 0 fully saturated rings. The van der Waals surface area contributed by atoms with Crippen molar-refractivity contribution < 1.29 is 14.0 Å². The van der Waals surface area contributed by atoms with E-state index >= 15 is 0 Å². The summed E-state index contributed by atoms with van der Waals surface area (Å²) < 4.78 is 8.14. The fourth-order valence-electron chi connectivity index (χ4n) is 3.33. The van der Waals surface area contributed by atoms with Crippen LogP contribution in [0.3, 0.4) is 0 Å². The quantitative estimate of drug-likeness (QED) is 0.289. The molecule has 12 heteroatoms. The van der Waals surface area contributed by atoms with E-state index in [-0.39, 0.29) is 24.1 Å². The van der Waals surface area contributed by atoms with Gasteiger partial charge in [0.1, 0.15) is 5.76 Å². The maximum Gasteiger partial charge on any atom is 0.271 e. The Balaban J connectivity index is 1.43. The standard InChI is InChI=1S/C22H24N8O3S/c1-14-11-15(2)30(27-14)21-25-26-22(29(21)23)34-13-19(31)28(3)18-9-5-4-8-17(18)20(32)24-12-16-7-6-10-33-16/h4-11H,12-13,23H2,1-3H3,(H,24,32). The Morgan fingerprint density at radius 1 is 1.18 bits per heavy atom. The zero-order valence-electron chi connectivity index (χ0n) is 18.9. The number of nitrogens with zero attached hydrogens (tertiary/aromatic N) is 6. The number of benzene rings is 1. The number of aryl methyl sites for hydroxylation is 2. The summed E-state index contributed by atoms with van der Waals surface area (Å²) in [6.07, 6.45) is 1.54. The second kappa shape index (κ2) is 9.83. The third-order valence-corrected chi connectivity index (χ3v) is 5.99. The second-order valence-corrected chi connectivity index (χ2v) is 8.45. The fraction of sp³-hybridized carbons (Fsp3) is 0.227. The maximum absolute atomic E-state index is 12.9. The van der Waals surface area contributed by atoms with Crippen LogP contribution in [-0.4, -0.2) is 49.3 Å². The Morgan fingerprint density at radius 3 is 2.68 bits per heavy atom. The fourth-order valence-corrected chi connectivity index (χ4v) is 4.10. The maximum atomic E-state index is 12.9. The third-order valence-electron chi connectivity index (χ3n) is 5.06. The Labute approximate surface area is 199 Å². The van der Waals surface area contributed by atoms with Gasteiger partial charge in [-0.15, -0.1) is 10.2 Å². The Morgan fingerprint density at radius 2 is 1.97 bits per heavy atom. The highest BCUT2D eigenvalue weighted by Crippen LogP contribution is 2.23. The van der Waals surface area contributed by atoms with Crippen LogP contribution in [0.15, 0.2) is 58.3 Å². The van der Waals surface area contributed by atoms with Gasteiger partial charge in [0, 0.05) is 12.7 Å². The monoisotopic (exact) mass is 480 g/mol. The zero-order chi connectivity index (χ0) is 24.2. The lowest BCUT2D eigenvalue weighted by Gasteiger charge is -2.20. The first kappa shape index (κ1) is 23.1. The van der Waals surface area contributed by atoms with Crippen molar-refractivity contribution in [3.05, 3.63) is 71.4 Å². The molecule has 3 heterocycles. The SMILES string of the molecule is Cc1cc(C)n(-c2nnc(SCC(=O)N(C)c3ccccc3C(=O)NCc3ccco3)n2N)n1. The van der Waals surface area contributed by atoms with Gasteiger partial charge in [-0.1, -0.05) is 23.9 Å². The summed E-state index contributed by atoms with van der Waals surface area (Å²) in [5.74, 6) is 6.65. The molecule has 0 bridgehead atoms. The number of hydrogen-bond donors (Lipinski definition) is 2. The first-order valence-electron chi connectivity index (χ1n) is 10.4. The van der Waals surface area contributed by atoms with Crippen molar-refractivity contribution in [1.82, 2.24) is 30.0 Å². The smallest absolute Gasteiger partial charge is 0.271 e. The minimum atomic E-state index is -0.310. The summed E-state index contributed by atoms with van der Waals surface area (Å²) in [4.78, 5) is 27.1. The van der Waals surface area contributed by atoms with Gasteiger partial charge in [-0.2, -0.15) is 5.10 Å². The van der Waals surface area contributed by atoms with Crippen LogP contribution >= 0.6 is 11.8 Å². The van der Waals surface area contributed by atoms with E-state index in [1.165, 1.54) is 9.58 Å². The van der Waals surface area contributed by atoms with Gasteiger partial charge in [-0.25, -0.2) is 9.36 Å². The second-order valence-electron chi connectivity index (χ2n) is 7.51. The number of amides is 2. The topological polar surface area (TPSA) is 137 Å². The van der Waals surface area contributed by atoms with E-state index in [1.54, 1.807) is 54.4 Å². The molecule has 34 heavy (non-hydrogen) atoms. The normalized spacial score (nSPS) is 10.9. The summed E-state index contributed by atoms with van der Waals surface area (Å²) in [6.45, 7) is 4.01. The molecule has 1 aromatic carbocycles. The van der Waals surface area contributed by atoms with E-state index in [1.807, 2.05) is 19.9 Å². The molecule has 176 valence electrons. The number of nitrogen functional groups attached to an aromatic ring is 1. The van der Waals surface area contributed by atoms with Gasteiger partial charge < -0.3 is 20.5 Å². The molecule has 4 rings (SSSR count). The minimum absolute atomic E-state index is 0.0469. The molecule has 0 saturated carbocycles. The molecule has 0 aliphatic rings. The summed E-state index contributed by atoms with van der Waals surface area (Å²) in [7, 11) is 1.62. The molecule has 2 amide bonds. The number of nitrogens with one attached hydrogen (secondary N) is 1. The predicted octanol–water partition coefficient (Wildman–Crippen LogP) is 2.07. The van der Waals surface area contributed by atoms with Crippen LogP contribution in [0.25, 0.3) is 5.95 Å². The zero-order valence-corrected chi connectivity index (χ0v) is 19.7. The molecule has 11 nitrogen and oxygen atoms in total. The molecule has 4 aromatic rings. The van der Waals surface area contributed by atoms with Crippen molar-refractivity contribution in [2.24, 2.45) is 0 Å². The molecule has 3 aromatic heterocycles. The number of furan rings is 1. The molecule has 0 aliphatic heterocycles. The highest BCUT2D eigenvalue weighted by Gasteiger charge is 2.21. The Bertz CT molecular complexity index is 1310. The third kappa shape index (κ3) is 4.81. The number of anilines is 1. The van der Waals surface area contributed by atoms with E-state index in [0.717, 1.165) is 23.1 Å². The van der Waals surface area contributed by atoms with Gasteiger partial charge >= 0.3 is 0 Å². The highest BCUT2D eigenvalue weighted by atomic mass is 32.2. The van der Waals surface area contributed by atoms with Crippen molar-refractivity contribution in [2.45, 2.75) is 25.5 Å². The number of nitrogens with two attached hydrogens (primary N) is 1.